The number of hydrogen-bond acceptors (Lipinski definition) is 6. The summed E-state index contributed by atoms with van der Waals surface area (Å²) in [7, 11) is 3.03. The number of esters is 1. The topological polar surface area (TPSA) is 77.8 Å². The molecule has 0 unspecified atom stereocenters. The van der Waals surface area contributed by atoms with Crippen molar-refractivity contribution in [3.63, 3.8) is 0 Å². The number of fused-ring (bicyclic) bond motifs is 1. The number of benzene rings is 1. The van der Waals surface area contributed by atoms with E-state index < -0.39 is 5.97 Å². The Balaban J connectivity index is 2.61. The first-order chi connectivity index (χ1) is 11.2. The third-order valence-electron chi connectivity index (χ3n) is 3.22. The Morgan fingerprint density at radius 3 is 2.83 bits per heavy atom. The van der Waals surface area contributed by atoms with E-state index in [9.17, 15) is 10.1 Å². The number of nitrogens with zero attached hydrogens (tertiary/aromatic N) is 1. The van der Waals surface area contributed by atoms with Gasteiger partial charge in [0.1, 0.15) is 18.2 Å². The second kappa shape index (κ2) is 7.36. The van der Waals surface area contributed by atoms with Gasteiger partial charge in [0, 0.05) is 5.56 Å². The van der Waals surface area contributed by atoms with Gasteiger partial charge in [-0.05, 0) is 30.7 Å². The van der Waals surface area contributed by atoms with Crippen LogP contribution in [0.1, 0.15) is 18.1 Å². The van der Waals surface area contributed by atoms with Crippen LogP contribution in [0.4, 0.5) is 0 Å². The van der Waals surface area contributed by atoms with Crippen molar-refractivity contribution >= 4 is 18.1 Å². The lowest BCUT2D eigenvalue weighted by molar-refractivity contribution is -0.137. The summed E-state index contributed by atoms with van der Waals surface area (Å²) >= 11 is 0. The summed E-state index contributed by atoms with van der Waals surface area (Å²) in [4.78, 5) is 11.8. The van der Waals surface area contributed by atoms with Crippen molar-refractivity contribution < 1.29 is 23.7 Å². The molecule has 0 aliphatic carbocycles. The Morgan fingerprint density at radius 2 is 2.22 bits per heavy atom. The Kier molecular flexibility index (Phi) is 5.26. The van der Waals surface area contributed by atoms with Gasteiger partial charge < -0.3 is 18.9 Å². The summed E-state index contributed by atoms with van der Waals surface area (Å²) in [6.07, 6.45) is 5.15. The lowest BCUT2D eigenvalue weighted by atomic mass is 10.0. The molecule has 1 aliphatic rings. The minimum Gasteiger partial charge on any atom is -0.493 e. The van der Waals surface area contributed by atoms with Crippen LogP contribution >= 0.6 is 0 Å². The number of rotatable bonds is 5. The summed E-state index contributed by atoms with van der Waals surface area (Å²) in [5.74, 6) is 0.772. The van der Waals surface area contributed by atoms with Gasteiger partial charge in [0.05, 0.1) is 20.8 Å². The molecule has 1 aromatic rings. The van der Waals surface area contributed by atoms with Gasteiger partial charge in [-0.2, -0.15) is 5.26 Å². The lowest BCUT2D eigenvalue weighted by Crippen LogP contribution is -2.08. The number of carbonyl (C=O) groups excluding carboxylic acids is 1. The van der Waals surface area contributed by atoms with E-state index >= 15 is 0 Å². The molecule has 6 heteroatoms. The molecule has 120 valence electrons. The van der Waals surface area contributed by atoms with Crippen molar-refractivity contribution in [1.29, 1.82) is 5.26 Å². The SMILES string of the molecule is CCOC(=O)C(C#N)=Cc1cc(OC)c(OC)c2c1C=CCO2. The van der Waals surface area contributed by atoms with Crippen LogP contribution in [0.2, 0.25) is 0 Å². The minimum atomic E-state index is -0.667. The molecule has 0 N–H and O–H groups in total. The van der Waals surface area contributed by atoms with Crippen molar-refractivity contribution in [2.75, 3.05) is 27.4 Å². The molecule has 1 heterocycles. The van der Waals surface area contributed by atoms with Gasteiger partial charge in [0.25, 0.3) is 0 Å². The van der Waals surface area contributed by atoms with Gasteiger partial charge in [-0.15, -0.1) is 0 Å². The van der Waals surface area contributed by atoms with Crippen LogP contribution in [0.3, 0.4) is 0 Å². The van der Waals surface area contributed by atoms with E-state index in [0.29, 0.717) is 35.0 Å². The van der Waals surface area contributed by atoms with Crippen LogP contribution in [0.15, 0.2) is 17.7 Å². The average Bonchev–Trinajstić information content (AvgIpc) is 2.58. The van der Waals surface area contributed by atoms with Crippen molar-refractivity contribution in [1.82, 2.24) is 0 Å². The third kappa shape index (κ3) is 3.29. The fraction of sp³-hybridized carbons (Fsp3) is 0.294. The van der Waals surface area contributed by atoms with E-state index in [1.165, 1.54) is 20.3 Å². The maximum Gasteiger partial charge on any atom is 0.348 e. The van der Waals surface area contributed by atoms with Gasteiger partial charge in [0.2, 0.25) is 5.75 Å². The molecule has 0 bridgehead atoms. The predicted molar refractivity (Wildman–Crippen MR) is 84.3 cm³/mol. The normalized spacial score (nSPS) is 12.7. The van der Waals surface area contributed by atoms with Crippen molar-refractivity contribution in [2.45, 2.75) is 6.92 Å². The highest BCUT2D eigenvalue weighted by Gasteiger charge is 2.22. The molecule has 0 amide bonds. The number of hydrogen-bond donors (Lipinski definition) is 0. The Morgan fingerprint density at radius 1 is 1.43 bits per heavy atom. The molecule has 6 nitrogen and oxygen atoms in total. The first-order valence-electron chi connectivity index (χ1n) is 7.03. The van der Waals surface area contributed by atoms with E-state index in [1.54, 1.807) is 13.0 Å². The molecule has 2 rings (SSSR count). The fourth-order valence-electron chi connectivity index (χ4n) is 2.23. The predicted octanol–water partition coefficient (Wildman–Crippen LogP) is 2.58. The van der Waals surface area contributed by atoms with E-state index in [2.05, 4.69) is 0 Å². The van der Waals surface area contributed by atoms with Gasteiger partial charge >= 0.3 is 5.97 Å². The van der Waals surface area contributed by atoms with Crippen LogP contribution in [0.5, 0.6) is 17.2 Å². The zero-order valence-corrected chi connectivity index (χ0v) is 13.2. The highest BCUT2D eigenvalue weighted by molar-refractivity contribution is 5.99. The molecular weight excluding hydrogens is 298 g/mol. The van der Waals surface area contributed by atoms with Crippen molar-refractivity contribution in [3.05, 3.63) is 28.8 Å². The summed E-state index contributed by atoms with van der Waals surface area (Å²) in [5, 5.41) is 9.19. The molecular formula is C17H17NO5. The maximum atomic E-state index is 11.8. The maximum absolute atomic E-state index is 11.8. The van der Waals surface area contributed by atoms with Crippen LogP contribution in [0, 0.1) is 11.3 Å². The smallest absolute Gasteiger partial charge is 0.348 e. The molecule has 0 fully saturated rings. The summed E-state index contributed by atoms with van der Waals surface area (Å²) in [6, 6.07) is 3.55. The van der Waals surface area contributed by atoms with Crippen molar-refractivity contribution in [2.24, 2.45) is 0 Å². The monoisotopic (exact) mass is 315 g/mol. The zero-order valence-electron chi connectivity index (χ0n) is 13.2. The molecule has 0 spiro atoms. The van der Waals surface area contributed by atoms with Gasteiger partial charge in [-0.3, -0.25) is 0 Å². The van der Waals surface area contributed by atoms with Crippen LogP contribution in [-0.4, -0.2) is 33.4 Å². The van der Waals surface area contributed by atoms with Gasteiger partial charge in [-0.25, -0.2) is 4.79 Å². The fourth-order valence-corrected chi connectivity index (χ4v) is 2.23. The van der Waals surface area contributed by atoms with E-state index in [1.807, 2.05) is 18.2 Å². The second-order valence-corrected chi connectivity index (χ2v) is 4.55. The summed E-state index contributed by atoms with van der Waals surface area (Å²) in [6.45, 7) is 2.29. The molecule has 1 aliphatic heterocycles. The molecule has 0 radical (unpaired) electrons. The lowest BCUT2D eigenvalue weighted by Gasteiger charge is -2.20. The quantitative estimate of drug-likeness (QED) is 0.472. The zero-order chi connectivity index (χ0) is 16.8. The van der Waals surface area contributed by atoms with Gasteiger partial charge in [-0.1, -0.05) is 6.08 Å². The molecule has 0 aromatic heterocycles. The third-order valence-corrected chi connectivity index (χ3v) is 3.22. The first-order valence-corrected chi connectivity index (χ1v) is 7.03. The molecule has 0 saturated heterocycles. The Bertz CT molecular complexity index is 713. The number of nitriles is 1. The number of methoxy groups -OCH3 is 2. The van der Waals surface area contributed by atoms with E-state index in [-0.39, 0.29) is 12.2 Å². The standard InChI is InChI=1S/C17H17NO5/c1-4-22-17(19)12(10-18)8-11-9-14(20-2)16(21-3)15-13(11)6-5-7-23-15/h5-6,8-9H,4,7H2,1-3H3. The second-order valence-electron chi connectivity index (χ2n) is 4.55. The average molecular weight is 315 g/mol. The van der Waals surface area contributed by atoms with E-state index in [4.69, 9.17) is 18.9 Å². The molecule has 23 heavy (non-hydrogen) atoms. The number of carbonyl (C=O) groups is 1. The summed E-state index contributed by atoms with van der Waals surface area (Å²) < 4.78 is 21.2. The summed E-state index contributed by atoms with van der Waals surface area (Å²) in [5.41, 5.74) is 1.23. The van der Waals surface area contributed by atoms with Crippen LogP contribution < -0.4 is 14.2 Å². The number of ether oxygens (including phenoxy) is 4. The highest BCUT2D eigenvalue weighted by atomic mass is 16.5. The minimum absolute atomic E-state index is 0.0970. The highest BCUT2D eigenvalue weighted by Crippen LogP contribution is 2.44. The van der Waals surface area contributed by atoms with E-state index in [0.717, 1.165) is 0 Å². The van der Waals surface area contributed by atoms with Crippen LogP contribution in [-0.2, 0) is 9.53 Å². The van der Waals surface area contributed by atoms with Crippen molar-refractivity contribution in [3.8, 4) is 23.3 Å². The van der Waals surface area contributed by atoms with Crippen LogP contribution in [0.25, 0.3) is 12.2 Å². The first kappa shape index (κ1) is 16.4. The molecule has 0 saturated carbocycles. The Hall–Kier alpha value is -2.94. The van der Waals surface area contributed by atoms with Gasteiger partial charge in [0.15, 0.2) is 11.5 Å². The molecule has 1 aromatic carbocycles. The molecule has 0 atom stereocenters. The largest absolute Gasteiger partial charge is 0.493 e. The Labute approximate surface area is 134 Å².